The smallest absolute Gasteiger partial charge is 0.410 e. The van der Waals surface area contributed by atoms with E-state index in [0.717, 1.165) is 4.90 Å². The van der Waals surface area contributed by atoms with Crippen molar-refractivity contribution >= 4 is 6.09 Å². The molecular formula is C11H19F3N2O2. The zero-order valence-electron chi connectivity index (χ0n) is 11.0. The van der Waals surface area contributed by atoms with E-state index in [0.29, 0.717) is 0 Å². The maximum absolute atomic E-state index is 12.8. The molecular weight excluding hydrogens is 249 g/mol. The standard InChI is InChI=1S/C11H19F3N2O2/c1-9(2,3)18-8(17)16-5-7(11(12,13)14)10(4,15)6-16/h7H,5-6,15H2,1-4H3. The number of nitrogens with zero attached hydrogens (tertiary/aromatic N) is 1. The SMILES string of the molecule is CC(C)(C)OC(=O)N1CC(C(F)(F)F)C(C)(N)C1. The van der Waals surface area contributed by atoms with E-state index in [9.17, 15) is 18.0 Å². The zero-order valence-corrected chi connectivity index (χ0v) is 11.0. The number of halogens is 3. The van der Waals surface area contributed by atoms with Gasteiger partial charge in [0.2, 0.25) is 0 Å². The van der Waals surface area contributed by atoms with Crippen molar-refractivity contribution in [1.82, 2.24) is 4.90 Å². The Kier molecular flexibility index (Phi) is 3.60. The molecule has 1 fully saturated rings. The van der Waals surface area contributed by atoms with E-state index >= 15 is 0 Å². The number of nitrogens with two attached hydrogens (primary N) is 1. The average molecular weight is 268 g/mol. The Morgan fingerprint density at radius 1 is 1.39 bits per heavy atom. The van der Waals surface area contributed by atoms with Crippen molar-refractivity contribution in [1.29, 1.82) is 0 Å². The van der Waals surface area contributed by atoms with Crippen LogP contribution in [0.1, 0.15) is 27.7 Å². The Labute approximate surface area is 104 Å². The molecule has 4 nitrogen and oxygen atoms in total. The summed E-state index contributed by atoms with van der Waals surface area (Å²) in [5.74, 6) is -1.72. The minimum absolute atomic E-state index is 0.161. The molecule has 2 atom stereocenters. The molecule has 7 heteroatoms. The fraction of sp³-hybridized carbons (Fsp3) is 0.909. The molecule has 1 aliphatic rings. The van der Waals surface area contributed by atoms with Gasteiger partial charge in [0.05, 0.1) is 5.92 Å². The number of carbonyl (C=O) groups is 1. The Morgan fingerprint density at radius 2 is 1.89 bits per heavy atom. The summed E-state index contributed by atoms with van der Waals surface area (Å²) in [5.41, 5.74) is 3.42. The molecule has 2 N–H and O–H groups in total. The van der Waals surface area contributed by atoms with Crippen molar-refractivity contribution < 1.29 is 22.7 Å². The summed E-state index contributed by atoms with van der Waals surface area (Å²) in [4.78, 5) is 12.7. The lowest BCUT2D eigenvalue weighted by Crippen LogP contribution is -2.50. The third kappa shape index (κ3) is 3.51. The molecule has 0 aromatic rings. The molecule has 0 bridgehead atoms. The van der Waals surface area contributed by atoms with Crippen molar-refractivity contribution in [3.8, 4) is 0 Å². The third-order valence-electron chi connectivity index (χ3n) is 2.78. The van der Waals surface area contributed by atoms with Crippen molar-refractivity contribution in [3.63, 3.8) is 0 Å². The highest BCUT2D eigenvalue weighted by atomic mass is 19.4. The van der Waals surface area contributed by atoms with Gasteiger partial charge < -0.3 is 15.4 Å². The largest absolute Gasteiger partial charge is 0.444 e. The van der Waals surface area contributed by atoms with Gasteiger partial charge in [0.1, 0.15) is 5.60 Å². The van der Waals surface area contributed by atoms with E-state index < -0.39 is 35.9 Å². The molecule has 0 saturated carbocycles. The summed E-state index contributed by atoms with van der Waals surface area (Å²) in [5, 5.41) is 0. The molecule has 1 rings (SSSR count). The van der Waals surface area contributed by atoms with Crippen LogP contribution in [0.15, 0.2) is 0 Å². The maximum atomic E-state index is 12.8. The highest BCUT2D eigenvalue weighted by Crippen LogP contribution is 2.38. The number of alkyl halides is 3. The van der Waals surface area contributed by atoms with Crippen LogP contribution >= 0.6 is 0 Å². The number of ether oxygens (including phenoxy) is 1. The molecule has 0 spiro atoms. The number of amides is 1. The van der Waals surface area contributed by atoms with E-state index in [1.165, 1.54) is 6.92 Å². The second kappa shape index (κ2) is 4.29. The lowest BCUT2D eigenvalue weighted by molar-refractivity contribution is -0.181. The van der Waals surface area contributed by atoms with Gasteiger partial charge in [-0.3, -0.25) is 0 Å². The first kappa shape index (κ1) is 15.1. The van der Waals surface area contributed by atoms with Crippen LogP contribution in [0.4, 0.5) is 18.0 Å². The van der Waals surface area contributed by atoms with Crippen LogP contribution < -0.4 is 5.73 Å². The molecule has 0 radical (unpaired) electrons. The Morgan fingerprint density at radius 3 is 2.22 bits per heavy atom. The molecule has 1 saturated heterocycles. The summed E-state index contributed by atoms with van der Waals surface area (Å²) in [7, 11) is 0. The van der Waals surface area contributed by atoms with E-state index in [2.05, 4.69) is 0 Å². The highest BCUT2D eigenvalue weighted by Gasteiger charge is 2.56. The highest BCUT2D eigenvalue weighted by molar-refractivity contribution is 5.68. The zero-order chi connectivity index (χ0) is 14.4. The lowest BCUT2D eigenvalue weighted by atomic mass is 9.90. The van der Waals surface area contributed by atoms with Crippen LogP contribution in [0.25, 0.3) is 0 Å². The van der Waals surface area contributed by atoms with Crippen LogP contribution in [-0.2, 0) is 4.74 Å². The summed E-state index contributed by atoms with van der Waals surface area (Å²) >= 11 is 0. The molecule has 0 aromatic carbocycles. The van der Waals surface area contributed by atoms with Gasteiger partial charge in [-0.15, -0.1) is 0 Å². The first-order valence-corrected chi connectivity index (χ1v) is 5.66. The van der Waals surface area contributed by atoms with Gasteiger partial charge in [0.25, 0.3) is 0 Å². The van der Waals surface area contributed by atoms with Crippen molar-refractivity contribution in [2.75, 3.05) is 13.1 Å². The maximum Gasteiger partial charge on any atom is 0.410 e. The quantitative estimate of drug-likeness (QED) is 0.732. The minimum atomic E-state index is -4.42. The Balaban J connectivity index is 2.77. The number of carbonyl (C=O) groups excluding carboxylic acids is 1. The molecule has 18 heavy (non-hydrogen) atoms. The van der Waals surface area contributed by atoms with Gasteiger partial charge in [-0.25, -0.2) is 4.79 Å². The summed E-state index contributed by atoms with van der Waals surface area (Å²) in [6.45, 7) is 5.66. The topological polar surface area (TPSA) is 55.6 Å². The number of likely N-dealkylation sites (tertiary alicyclic amines) is 1. The molecule has 0 aliphatic carbocycles. The van der Waals surface area contributed by atoms with E-state index in [4.69, 9.17) is 10.5 Å². The van der Waals surface area contributed by atoms with Crippen LogP contribution in [0.5, 0.6) is 0 Å². The second-order valence-corrected chi connectivity index (χ2v) is 5.96. The van der Waals surface area contributed by atoms with Crippen molar-refractivity contribution in [2.24, 2.45) is 11.7 Å². The second-order valence-electron chi connectivity index (χ2n) is 5.96. The third-order valence-corrected chi connectivity index (χ3v) is 2.78. The number of rotatable bonds is 0. The number of hydrogen-bond acceptors (Lipinski definition) is 3. The van der Waals surface area contributed by atoms with Gasteiger partial charge in [0, 0.05) is 18.6 Å². The molecule has 0 aromatic heterocycles. The van der Waals surface area contributed by atoms with Crippen LogP contribution in [0.2, 0.25) is 0 Å². The minimum Gasteiger partial charge on any atom is -0.444 e. The fourth-order valence-electron chi connectivity index (χ4n) is 1.96. The van der Waals surface area contributed by atoms with E-state index in [1.807, 2.05) is 0 Å². The van der Waals surface area contributed by atoms with Crippen molar-refractivity contribution in [3.05, 3.63) is 0 Å². The van der Waals surface area contributed by atoms with Crippen LogP contribution in [0.3, 0.4) is 0 Å². The van der Waals surface area contributed by atoms with E-state index in [1.54, 1.807) is 20.8 Å². The van der Waals surface area contributed by atoms with Gasteiger partial charge in [0.15, 0.2) is 0 Å². The van der Waals surface area contributed by atoms with Crippen molar-refractivity contribution in [2.45, 2.75) is 45.0 Å². The Hall–Kier alpha value is -0.980. The van der Waals surface area contributed by atoms with Crippen LogP contribution in [0, 0.1) is 5.92 Å². The summed E-state index contributed by atoms with van der Waals surface area (Å²) in [6, 6.07) is 0. The van der Waals surface area contributed by atoms with E-state index in [-0.39, 0.29) is 6.54 Å². The summed E-state index contributed by atoms with van der Waals surface area (Å²) < 4.78 is 43.4. The molecule has 1 amide bonds. The first-order chi connectivity index (χ1) is 7.83. The van der Waals surface area contributed by atoms with Gasteiger partial charge in [-0.2, -0.15) is 13.2 Å². The fourth-order valence-corrected chi connectivity index (χ4v) is 1.96. The average Bonchev–Trinajstić information content (AvgIpc) is 2.37. The molecule has 1 heterocycles. The monoisotopic (exact) mass is 268 g/mol. The van der Waals surface area contributed by atoms with Gasteiger partial charge in [-0.05, 0) is 27.7 Å². The number of hydrogen-bond donors (Lipinski definition) is 1. The normalized spacial score (nSPS) is 29.6. The Bertz CT molecular complexity index is 334. The molecule has 1 aliphatic heterocycles. The van der Waals surface area contributed by atoms with Gasteiger partial charge in [-0.1, -0.05) is 0 Å². The lowest BCUT2D eigenvalue weighted by Gasteiger charge is -2.27. The first-order valence-electron chi connectivity index (χ1n) is 5.66. The molecule has 106 valence electrons. The van der Waals surface area contributed by atoms with Gasteiger partial charge >= 0.3 is 12.3 Å². The summed E-state index contributed by atoms with van der Waals surface area (Å²) in [6.07, 6.45) is -5.17. The predicted octanol–water partition coefficient (Wildman–Crippen LogP) is 2.13. The molecule has 2 unspecified atom stereocenters. The predicted molar refractivity (Wildman–Crippen MR) is 59.9 cm³/mol. The van der Waals surface area contributed by atoms with Crippen LogP contribution in [-0.4, -0.2) is 41.4 Å².